The molecular weight excluding hydrogens is 304 g/mol. The van der Waals surface area contributed by atoms with Crippen LogP contribution in [0, 0.1) is 11.6 Å². The van der Waals surface area contributed by atoms with Gasteiger partial charge in [-0.15, -0.1) is 0 Å². The number of ketones is 1. The molecule has 1 N–H and O–H groups in total. The molecule has 4 nitrogen and oxygen atoms in total. The largest absolute Gasteiger partial charge is 0.497 e. The minimum Gasteiger partial charge on any atom is -0.497 e. The lowest BCUT2D eigenvalue weighted by atomic mass is 10.0. The predicted octanol–water partition coefficient (Wildman–Crippen LogP) is 3.19. The molecule has 0 atom stereocenters. The van der Waals surface area contributed by atoms with Crippen LogP contribution in [0.1, 0.15) is 15.9 Å². The van der Waals surface area contributed by atoms with Gasteiger partial charge in [0.15, 0.2) is 5.78 Å². The maximum Gasteiger partial charge on any atom is 0.256 e. The molecule has 3 rings (SSSR count). The number of carbonyl (C=O) groups is 2. The van der Waals surface area contributed by atoms with Gasteiger partial charge in [-0.25, -0.2) is 8.78 Å². The van der Waals surface area contributed by atoms with Gasteiger partial charge in [-0.05, 0) is 36.4 Å². The van der Waals surface area contributed by atoms with Crippen molar-refractivity contribution in [3.05, 3.63) is 65.2 Å². The fraction of sp³-hybridized carbons (Fsp3) is 0.0588. The maximum absolute atomic E-state index is 13.9. The first-order valence-electron chi connectivity index (χ1n) is 6.70. The molecule has 0 radical (unpaired) electrons. The average Bonchev–Trinajstić information content (AvgIpc) is 2.82. The minimum absolute atomic E-state index is 0.000261. The number of amides is 1. The van der Waals surface area contributed by atoms with E-state index < -0.39 is 23.3 Å². The molecule has 1 heterocycles. The zero-order valence-electron chi connectivity index (χ0n) is 12.0. The lowest BCUT2D eigenvalue weighted by Gasteiger charge is -2.03. The van der Waals surface area contributed by atoms with Gasteiger partial charge in [0.05, 0.1) is 18.2 Å². The zero-order valence-corrected chi connectivity index (χ0v) is 12.0. The maximum atomic E-state index is 13.9. The van der Waals surface area contributed by atoms with Crippen LogP contribution < -0.4 is 10.1 Å². The quantitative estimate of drug-likeness (QED) is 0.699. The van der Waals surface area contributed by atoms with Crippen LogP contribution in [0.2, 0.25) is 0 Å². The highest BCUT2D eigenvalue weighted by molar-refractivity contribution is 6.35. The first-order valence-corrected chi connectivity index (χ1v) is 6.70. The average molecular weight is 315 g/mol. The molecule has 0 fully saturated rings. The summed E-state index contributed by atoms with van der Waals surface area (Å²) in [7, 11) is 1.38. The number of allylic oxidation sites excluding steroid dienone is 1. The Kier molecular flexibility index (Phi) is 3.65. The molecule has 23 heavy (non-hydrogen) atoms. The number of rotatable bonds is 3. The normalized spacial score (nSPS) is 14.6. The Morgan fingerprint density at radius 2 is 1.96 bits per heavy atom. The summed E-state index contributed by atoms with van der Waals surface area (Å²) in [6.45, 7) is 0. The number of fused-ring (bicyclic) bond motifs is 1. The number of halogens is 2. The van der Waals surface area contributed by atoms with Crippen molar-refractivity contribution < 1.29 is 23.1 Å². The lowest BCUT2D eigenvalue weighted by Crippen LogP contribution is -2.07. The van der Waals surface area contributed by atoms with Crippen molar-refractivity contribution in [3.63, 3.8) is 0 Å². The molecule has 0 saturated heterocycles. The van der Waals surface area contributed by atoms with Crippen LogP contribution in [0.3, 0.4) is 0 Å². The van der Waals surface area contributed by atoms with Crippen molar-refractivity contribution in [1.82, 2.24) is 0 Å². The van der Waals surface area contributed by atoms with Gasteiger partial charge in [-0.2, -0.15) is 0 Å². The van der Waals surface area contributed by atoms with Gasteiger partial charge in [0.1, 0.15) is 17.4 Å². The Balaban J connectivity index is 2.01. The fourth-order valence-corrected chi connectivity index (χ4v) is 2.34. The van der Waals surface area contributed by atoms with Crippen LogP contribution in [-0.2, 0) is 4.79 Å². The molecule has 2 aromatic rings. The van der Waals surface area contributed by atoms with E-state index in [-0.39, 0.29) is 22.4 Å². The third-order valence-electron chi connectivity index (χ3n) is 3.48. The smallest absolute Gasteiger partial charge is 0.256 e. The molecule has 116 valence electrons. The summed E-state index contributed by atoms with van der Waals surface area (Å²) in [6, 6.07) is 7.55. The fourth-order valence-electron chi connectivity index (χ4n) is 2.34. The second kappa shape index (κ2) is 5.64. The number of anilines is 1. The highest BCUT2D eigenvalue weighted by Gasteiger charge is 2.26. The predicted molar refractivity (Wildman–Crippen MR) is 80.3 cm³/mol. The Hall–Kier alpha value is -3.02. The van der Waals surface area contributed by atoms with Crippen LogP contribution in [0.4, 0.5) is 14.5 Å². The Morgan fingerprint density at radius 1 is 1.17 bits per heavy atom. The molecule has 1 aliphatic heterocycles. The van der Waals surface area contributed by atoms with Crippen LogP contribution in [0.25, 0.3) is 5.57 Å². The van der Waals surface area contributed by atoms with Crippen molar-refractivity contribution in [2.45, 2.75) is 0 Å². The SMILES string of the molecule is COc1ccc(C(=O)C=C2C(=O)Nc3ccc(F)cc32)c(F)c1. The second-order valence-corrected chi connectivity index (χ2v) is 4.91. The molecule has 0 unspecified atom stereocenters. The Morgan fingerprint density at radius 3 is 2.65 bits per heavy atom. The minimum atomic E-state index is -0.760. The summed E-state index contributed by atoms with van der Waals surface area (Å²) in [5, 5.41) is 2.52. The molecule has 1 amide bonds. The van der Waals surface area contributed by atoms with Gasteiger partial charge in [0.25, 0.3) is 5.91 Å². The van der Waals surface area contributed by atoms with Gasteiger partial charge in [0, 0.05) is 17.3 Å². The van der Waals surface area contributed by atoms with Crippen molar-refractivity contribution in [1.29, 1.82) is 0 Å². The van der Waals surface area contributed by atoms with Crippen molar-refractivity contribution in [2.24, 2.45) is 0 Å². The van der Waals surface area contributed by atoms with E-state index in [1.165, 1.54) is 31.4 Å². The number of methoxy groups -OCH3 is 1. The molecule has 1 aliphatic rings. The summed E-state index contributed by atoms with van der Waals surface area (Å²) in [5.41, 5.74) is 0.485. The van der Waals surface area contributed by atoms with Gasteiger partial charge in [-0.3, -0.25) is 9.59 Å². The third-order valence-corrected chi connectivity index (χ3v) is 3.48. The van der Waals surface area contributed by atoms with Gasteiger partial charge in [0.2, 0.25) is 0 Å². The molecule has 0 spiro atoms. The number of hydrogen-bond donors (Lipinski definition) is 1. The molecular formula is C17H11F2NO3. The summed E-state index contributed by atoms with van der Waals surface area (Å²) in [4.78, 5) is 24.2. The van der Waals surface area contributed by atoms with E-state index in [0.29, 0.717) is 5.69 Å². The van der Waals surface area contributed by atoms with Crippen molar-refractivity contribution in [3.8, 4) is 5.75 Å². The van der Waals surface area contributed by atoms with Crippen LogP contribution in [0.5, 0.6) is 5.75 Å². The lowest BCUT2D eigenvalue weighted by molar-refractivity contribution is -0.110. The van der Waals surface area contributed by atoms with Crippen molar-refractivity contribution in [2.75, 3.05) is 12.4 Å². The van der Waals surface area contributed by atoms with Gasteiger partial charge >= 0.3 is 0 Å². The van der Waals surface area contributed by atoms with Gasteiger partial charge < -0.3 is 10.1 Å². The number of benzene rings is 2. The number of carbonyl (C=O) groups excluding carboxylic acids is 2. The van der Waals surface area contributed by atoms with Crippen LogP contribution >= 0.6 is 0 Å². The van der Waals surface area contributed by atoms with Crippen LogP contribution in [-0.4, -0.2) is 18.8 Å². The number of hydrogen-bond acceptors (Lipinski definition) is 3. The second-order valence-electron chi connectivity index (χ2n) is 4.91. The highest BCUT2D eigenvalue weighted by atomic mass is 19.1. The molecule has 0 bridgehead atoms. The summed E-state index contributed by atoms with van der Waals surface area (Å²) in [5.74, 6) is -2.24. The Labute approximate surface area is 130 Å². The monoisotopic (exact) mass is 315 g/mol. The van der Waals surface area contributed by atoms with E-state index in [0.717, 1.165) is 18.2 Å². The summed E-state index contributed by atoms with van der Waals surface area (Å²) in [6.07, 6.45) is 1.01. The van der Waals surface area contributed by atoms with E-state index in [9.17, 15) is 18.4 Å². The molecule has 0 aliphatic carbocycles. The Bertz CT molecular complexity index is 859. The zero-order chi connectivity index (χ0) is 16.6. The number of nitrogens with one attached hydrogen (secondary N) is 1. The summed E-state index contributed by atoms with van der Waals surface area (Å²) < 4.78 is 32.1. The first kappa shape index (κ1) is 14.9. The van der Waals surface area contributed by atoms with Crippen molar-refractivity contribution >= 4 is 23.0 Å². The van der Waals surface area contributed by atoms with Gasteiger partial charge in [-0.1, -0.05) is 0 Å². The number of ether oxygens (including phenoxy) is 1. The molecule has 0 aromatic heterocycles. The molecule has 6 heteroatoms. The topological polar surface area (TPSA) is 55.4 Å². The molecule has 0 saturated carbocycles. The standard InChI is InChI=1S/C17H11F2NO3/c1-23-10-3-4-11(14(19)7-10)16(21)8-13-12-6-9(18)2-5-15(12)20-17(13)22/h2-8H,1H3,(H,20,22). The third kappa shape index (κ3) is 2.70. The van der Waals surface area contributed by atoms with E-state index in [1.807, 2.05) is 0 Å². The van der Waals surface area contributed by atoms with Crippen LogP contribution in [0.15, 0.2) is 42.5 Å². The molecule has 2 aromatic carbocycles. The first-order chi connectivity index (χ1) is 11.0. The summed E-state index contributed by atoms with van der Waals surface area (Å²) >= 11 is 0. The van der Waals surface area contributed by atoms with E-state index >= 15 is 0 Å². The van der Waals surface area contributed by atoms with E-state index in [2.05, 4.69) is 5.32 Å². The van der Waals surface area contributed by atoms with E-state index in [4.69, 9.17) is 4.74 Å². The highest BCUT2D eigenvalue weighted by Crippen LogP contribution is 2.32. The van der Waals surface area contributed by atoms with E-state index in [1.54, 1.807) is 0 Å².